The number of benzene rings is 1. The van der Waals surface area contributed by atoms with Crippen LogP contribution in [0, 0.1) is 0 Å². The van der Waals surface area contributed by atoms with Gasteiger partial charge < -0.3 is 15.2 Å². The molecule has 0 atom stereocenters. The standard InChI is InChI=1S/C13H14F3NO2/c1-2-4-10(8-12(18)19)17-11-6-3-5-9(7-11)13(14,15)16/h3,5-8,17H,2,4H2,1H3,(H,18,19)/p-1. The lowest BCUT2D eigenvalue weighted by Crippen LogP contribution is -2.20. The van der Waals surface area contributed by atoms with E-state index in [1.807, 2.05) is 6.92 Å². The van der Waals surface area contributed by atoms with Crippen LogP contribution in [0.15, 0.2) is 36.0 Å². The summed E-state index contributed by atoms with van der Waals surface area (Å²) in [5.74, 6) is -1.39. The van der Waals surface area contributed by atoms with Gasteiger partial charge in [0.1, 0.15) is 0 Å². The molecule has 0 aliphatic rings. The Hall–Kier alpha value is -1.98. The first kappa shape index (κ1) is 15.1. The van der Waals surface area contributed by atoms with Crippen LogP contribution in [0.3, 0.4) is 0 Å². The first-order valence-electron chi connectivity index (χ1n) is 5.68. The molecule has 0 saturated carbocycles. The molecule has 0 unspecified atom stereocenters. The van der Waals surface area contributed by atoms with Crippen molar-refractivity contribution in [3.8, 4) is 0 Å². The van der Waals surface area contributed by atoms with Gasteiger partial charge in [0.25, 0.3) is 0 Å². The molecule has 1 aromatic carbocycles. The highest BCUT2D eigenvalue weighted by Crippen LogP contribution is 2.31. The number of alkyl halides is 3. The number of carbonyl (C=O) groups is 1. The Bertz CT molecular complexity index is 481. The van der Waals surface area contributed by atoms with Crippen molar-refractivity contribution in [3.05, 3.63) is 41.6 Å². The molecule has 0 amide bonds. The Labute approximate surface area is 108 Å². The quantitative estimate of drug-likeness (QED) is 0.838. The lowest BCUT2D eigenvalue weighted by molar-refractivity contribution is -0.297. The van der Waals surface area contributed by atoms with Gasteiger partial charge in [0.2, 0.25) is 0 Å². The Morgan fingerprint density at radius 1 is 1.42 bits per heavy atom. The molecule has 1 rings (SSSR count). The first-order valence-corrected chi connectivity index (χ1v) is 5.68. The van der Waals surface area contributed by atoms with Gasteiger partial charge >= 0.3 is 6.18 Å². The number of carboxylic acids is 1. The van der Waals surface area contributed by atoms with Crippen molar-refractivity contribution in [2.45, 2.75) is 25.9 Å². The van der Waals surface area contributed by atoms with Gasteiger partial charge in [-0.2, -0.15) is 13.2 Å². The summed E-state index contributed by atoms with van der Waals surface area (Å²) in [6.07, 6.45) is -2.51. The Morgan fingerprint density at radius 3 is 2.63 bits per heavy atom. The van der Waals surface area contributed by atoms with Crippen molar-refractivity contribution in [1.82, 2.24) is 0 Å². The molecule has 6 heteroatoms. The second-order valence-electron chi connectivity index (χ2n) is 3.94. The van der Waals surface area contributed by atoms with Gasteiger partial charge in [0, 0.05) is 11.4 Å². The highest BCUT2D eigenvalue weighted by Gasteiger charge is 2.30. The molecule has 0 saturated heterocycles. The molecule has 19 heavy (non-hydrogen) atoms. The first-order chi connectivity index (χ1) is 8.82. The molecule has 0 bridgehead atoms. The maximum Gasteiger partial charge on any atom is 0.416 e. The zero-order chi connectivity index (χ0) is 14.5. The maximum atomic E-state index is 12.5. The van der Waals surface area contributed by atoms with Crippen molar-refractivity contribution < 1.29 is 23.1 Å². The third-order valence-electron chi connectivity index (χ3n) is 2.31. The van der Waals surface area contributed by atoms with Crippen molar-refractivity contribution in [3.63, 3.8) is 0 Å². The van der Waals surface area contributed by atoms with E-state index in [4.69, 9.17) is 0 Å². The van der Waals surface area contributed by atoms with E-state index < -0.39 is 17.7 Å². The van der Waals surface area contributed by atoms with E-state index in [1.165, 1.54) is 12.1 Å². The summed E-state index contributed by atoms with van der Waals surface area (Å²) in [5, 5.41) is 13.2. The third-order valence-corrected chi connectivity index (χ3v) is 2.31. The number of hydrogen-bond donors (Lipinski definition) is 1. The minimum absolute atomic E-state index is 0.191. The molecule has 0 aliphatic carbocycles. The molecular formula is C13H13F3NO2-. The fourth-order valence-corrected chi connectivity index (χ4v) is 1.54. The number of halogens is 3. The van der Waals surface area contributed by atoms with Crippen LogP contribution in [-0.4, -0.2) is 5.97 Å². The van der Waals surface area contributed by atoms with E-state index in [2.05, 4.69) is 5.32 Å². The van der Waals surface area contributed by atoms with E-state index in [9.17, 15) is 23.1 Å². The Kier molecular flexibility index (Phi) is 4.97. The third kappa shape index (κ3) is 5.03. The topological polar surface area (TPSA) is 52.2 Å². The molecule has 0 radical (unpaired) electrons. The molecule has 0 heterocycles. The number of nitrogens with one attached hydrogen (secondary N) is 1. The zero-order valence-electron chi connectivity index (χ0n) is 10.3. The van der Waals surface area contributed by atoms with Gasteiger partial charge in [-0.3, -0.25) is 0 Å². The molecule has 0 fully saturated rings. The summed E-state index contributed by atoms with van der Waals surface area (Å²) < 4.78 is 37.6. The highest BCUT2D eigenvalue weighted by atomic mass is 19.4. The molecule has 0 spiro atoms. The van der Waals surface area contributed by atoms with Gasteiger partial charge in [-0.1, -0.05) is 19.4 Å². The van der Waals surface area contributed by atoms with Crippen LogP contribution in [0.5, 0.6) is 0 Å². The normalized spacial score (nSPS) is 12.3. The number of allylic oxidation sites excluding steroid dienone is 1. The molecule has 0 aliphatic heterocycles. The average molecular weight is 272 g/mol. The Morgan fingerprint density at radius 2 is 2.11 bits per heavy atom. The van der Waals surface area contributed by atoms with E-state index in [-0.39, 0.29) is 5.69 Å². The number of rotatable bonds is 5. The van der Waals surface area contributed by atoms with Crippen LogP contribution < -0.4 is 10.4 Å². The summed E-state index contributed by atoms with van der Waals surface area (Å²) in [6.45, 7) is 1.83. The lowest BCUT2D eigenvalue weighted by Gasteiger charge is -2.13. The van der Waals surface area contributed by atoms with Crippen LogP contribution in [-0.2, 0) is 11.0 Å². The average Bonchev–Trinajstić information content (AvgIpc) is 2.27. The van der Waals surface area contributed by atoms with Gasteiger partial charge in [0.15, 0.2) is 0 Å². The molecule has 1 N–H and O–H groups in total. The van der Waals surface area contributed by atoms with Crippen LogP contribution >= 0.6 is 0 Å². The SMILES string of the molecule is CCCC(=CC(=O)[O-])Nc1cccc(C(F)(F)F)c1. The van der Waals surface area contributed by atoms with Crippen LogP contribution in [0.4, 0.5) is 18.9 Å². The minimum Gasteiger partial charge on any atom is -0.545 e. The predicted molar refractivity (Wildman–Crippen MR) is 63.1 cm³/mol. The predicted octanol–water partition coefficient (Wildman–Crippen LogP) is 2.55. The van der Waals surface area contributed by atoms with Gasteiger partial charge in [-0.15, -0.1) is 0 Å². The summed E-state index contributed by atoms with van der Waals surface area (Å²) >= 11 is 0. The monoisotopic (exact) mass is 272 g/mol. The largest absolute Gasteiger partial charge is 0.545 e. The molecule has 104 valence electrons. The second-order valence-corrected chi connectivity index (χ2v) is 3.94. The van der Waals surface area contributed by atoms with E-state index >= 15 is 0 Å². The summed E-state index contributed by atoms with van der Waals surface area (Å²) in [6, 6.07) is 4.58. The zero-order valence-corrected chi connectivity index (χ0v) is 10.3. The summed E-state index contributed by atoms with van der Waals surface area (Å²) in [5.41, 5.74) is -0.292. The molecule has 3 nitrogen and oxygen atoms in total. The van der Waals surface area contributed by atoms with Crippen LogP contribution in [0.1, 0.15) is 25.3 Å². The van der Waals surface area contributed by atoms with Crippen molar-refractivity contribution in [2.24, 2.45) is 0 Å². The number of carbonyl (C=O) groups excluding carboxylic acids is 1. The van der Waals surface area contributed by atoms with E-state index in [0.717, 1.165) is 18.2 Å². The minimum atomic E-state index is -4.43. The Balaban J connectivity index is 2.94. The maximum absolute atomic E-state index is 12.5. The van der Waals surface area contributed by atoms with Crippen LogP contribution in [0.2, 0.25) is 0 Å². The van der Waals surface area contributed by atoms with Crippen molar-refractivity contribution in [2.75, 3.05) is 5.32 Å². The number of hydrogen-bond acceptors (Lipinski definition) is 3. The fraction of sp³-hybridized carbons (Fsp3) is 0.308. The van der Waals surface area contributed by atoms with Crippen molar-refractivity contribution >= 4 is 11.7 Å². The van der Waals surface area contributed by atoms with Crippen molar-refractivity contribution in [1.29, 1.82) is 0 Å². The molecule has 1 aromatic rings. The van der Waals surface area contributed by atoms with E-state index in [1.54, 1.807) is 0 Å². The summed E-state index contributed by atoms with van der Waals surface area (Å²) in [7, 11) is 0. The molecule has 0 aromatic heterocycles. The van der Waals surface area contributed by atoms with E-state index in [0.29, 0.717) is 18.5 Å². The fourth-order valence-electron chi connectivity index (χ4n) is 1.54. The second kappa shape index (κ2) is 6.26. The lowest BCUT2D eigenvalue weighted by atomic mass is 10.1. The van der Waals surface area contributed by atoms with Crippen LogP contribution in [0.25, 0.3) is 0 Å². The van der Waals surface area contributed by atoms with Gasteiger partial charge in [0.05, 0.1) is 11.5 Å². The van der Waals surface area contributed by atoms with Gasteiger partial charge in [-0.05, 0) is 30.7 Å². The smallest absolute Gasteiger partial charge is 0.416 e. The highest BCUT2D eigenvalue weighted by molar-refractivity contribution is 5.79. The number of carboxylic acid groups (broad SMARTS) is 1. The number of aliphatic carboxylic acids is 1. The molecular weight excluding hydrogens is 259 g/mol. The number of anilines is 1. The summed E-state index contributed by atoms with van der Waals surface area (Å²) in [4.78, 5) is 10.5. The van der Waals surface area contributed by atoms with Gasteiger partial charge in [-0.25, -0.2) is 0 Å².